The van der Waals surface area contributed by atoms with Crippen LogP contribution in [0.1, 0.15) is 21.5 Å². The van der Waals surface area contributed by atoms with E-state index in [0.29, 0.717) is 17.0 Å². The van der Waals surface area contributed by atoms with E-state index >= 15 is 0 Å². The van der Waals surface area contributed by atoms with Crippen molar-refractivity contribution in [2.45, 2.75) is 6.92 Å². The fourth-order valence-electron chi connectivity index (χ4n) is 1.91. The van der Waals surface area contributed by atoms with E-state index in [9.17, 15) is 9.18 Å². The van der Waals surface area contributed by atoms with Gasteiger partial charge in [0, 0.05) is 17.3 Å². The van der Waals surface area contributed by atoms with Gasteiger partial charge in [0.1, 0.15) is 11.6 Å². The second-order valence-electron chi connectivity index (χ2n) is 4.31. The van der Waals surface area contributed by atoms with Crippen molar-refractivity contribution in [3.8, 4) is 5.75 Å². The number of ether oxygens (including phenoxy) is 1. The normalized spacial score (nSPS) is 10.3. The first-order valence-electron chi connectivity index (χ1n) is 5.76. The van der Waals surface area contributed by atoms with Crippen LogP contribution in [0.3, 0.4) is 0 Å². The van der Waals surface area contributed by atoms with Crippen LogP contribution in [-0.4, -0.2) is 12.9 Å². The maximum atomic E-state index is 13.8. The fraction of sp³-hybridized carbons (Fsp3) is 0.133. The minimum absolute atomic E-state index is 0.00537. The van der Waals surface area contributed by atoms with Crippen LogP contribution >= 0.6 is 0 Å². The van der Waals surface area contributed by atoms with E-state index in [1.54, 1.807) is 24.3 Å². The number of anilines is 1. The summed E-state index contributed by atoms with van der Waals surface area (Å²) in [5.74, 6) is -0.627. The van der Waals surface area contributed by atoms with Crippen LogP contribution < -0.4 is 10.5 Å². The molecule has 2 aromatic carbocycles. The highest BCUT2D eigenvalue weighted by atomic mass is 19.1. The summed E-state index contributed by atoms with van der Waals surface area (Å²) in [6, 6.07) is 9.12. The molecule has 0 radical (unpaired) electrons. The monoisotopic (exact) mass is 259 g/mol. The van der Waals surface area contributed by atoms with Gasteiger partial charge >= 0.3 is 0 Å². The highest BCUT2D eigenvalue weighted by Gasteiger charge is 2.15. The smallest absolute Gasteiger partial charge is 0.196 e. The van der Waals surface area contributed by atoms with Crippen molar-refractivity contribution in [3.63, 3.8) is 0 Å². The lowest BCUT2D eigenvalue weighted by Gasteiger charge is -2.07. The lowest BCUT2D eigenvalue weighted by molar-refractivity contribution is 0.103. The summed E-state index contributed by atoms with van der Waals surface area (Å²) in [6.45, 7) is 1.83. The Morgan fingerprint density at radius 1 is 1.21 bits per heavy atom. The summed E-state index contributed by atoms with van der Waals surface area (Å²) in [5.41, 5.74) is 7.42. The molecule has 98 valence electrons. The SMILES string of the molecule is COc1ccc(C(=O)c2cc(C)cc(N)c2)c(F)c1. The van der Waals surface area contributed by atoms with Crippen molar-refractivity contribution >= 4 is 11.5 Å². The fourth-order valence-corrected chi connectivity index (χ4v) is 1.91. The first-order valence-corrected chi connectivity index (χ1v) is 5.76. The van der Waals surface area contributed by atoms with Gasteiger partial charge in [-0.25, -0.2) is 4.39 Å². The van der Waals surface area contributed by atoms with Crippen molar-refractivity contribution in [2.75, 3.05) is 12.8 Å². The molecule has 0 amide bonds. The van der Waals surface area contributed by atoms with Gasteiger partial charge in [-0.3, -0.25) is 4.79 Å². The Morgan fingerprint density at radius 2 is 1.95 bits per heavy atom. The van der Waals surface area contributed by atoms with Gasteiger partial charge in [0.2, 0.25) is 0 Å². The quantitative estimate of drug-likeness (QED) is 0.681. The van der Waals surface area contributed by atoms with Crippen LogP contribution in [0.2, 0.25) is 0 Å². The van der Waals surface area contributed by atoms with Gasteiger partial charge in [-0.15, -0.1) is 0 Å². The van der Waals surface area contributed by atoms with E-state index in [1.807, 2.05) is 6.92 Å². The van der Waals surface area contributed by atoms with Crippen molar-refractivity contribution in [2.24, 2.45) is 0 Å². The highest BCUT2D eigenvalue weighted by molar-refractivity contribution is 6.09. The predicted octanol–water partition coefficient (Wildman–Crippen LogP) is 2.96. The first-order chi connectivity index (χ1) is 9.01. The minimum atomic E-state index is -0.607. The Kier molecular flexibility index (Phi) is 3.51. The van der Waals surface area contributed by atoms with E-state index < -0.39 is 11.6 Å². The van der Waals surface area contributed by atoms with Crippen LogP contribution in [0.4, 0.5) is 10.1 Å². The zero-order valence-corrected chi connectivity index (χ0v) is 10.7. The molecule has 0 aromatic heterocycles. The molecule has 4 heteroatoms. The standard InChI is InChI=1S/C15H14FNO2/c1-9-5-10(7-11(17)6-9)15(18)13-4-3-12(19-2)8-14(13)16/h3-8H,17H2,1-2H3. The number of carbonyl (C=O) groups is 1. The van der Waals surface area contributed by atoms with Crippen LogP contribution in [0, 0.1) is 12.7 Å². The Balaban J connectivity index is 2.44. The van der Waals surface area contributed by atoms with E-state index in [-0.39, 0.29) is 5.56 Å². The third-order valence-corrected chi connectivity index (χ3v) is 2.78. The van der Waals surface area contributed by atoms with Gasteiger partial charge in [-0.05, 0) is 42.8 Å². The molecule has 0 fully saturated rings. The third kappa shape index (κ3) is 2.73. The van der Waals surface area contributed by atoms with Gasteiger partial charge < -0.3 is 10.5 Å². The molecule has 0 saturated heterocycles. The summed E-state index contributed by atoms with van der Waals surface area (Å²) in [6.07, 6.45) is 0. The second kappa shape index (κ2) is 5.10. The zero-order valence-electron chi connectivity index (χ0n) is 10.7. The van der Waals surface area contributed by atoms with E-state index in [0.717, 1.165) is 5.56 Å². The van der Waals surface area contributed by atoms with Gasteiger partial charge in [-0.2, -0.15) is 0 Å². The number of benzene rings is 2. The Labute approximate surface area is 110 Å². The van der Waals surface area contributed by atoms with Crippen molar-refractivity contribution in [3.05, 3.63) is 58.9 Å². The molecule has 0 aliphatic heterocycles. The molecule has 3 nitrogen and oxygen atoms in total. The maximum absolute atomic E-state index is 13.8. The average molecular weight is 259 g/mol. The number of hydrogen-bond donors (Lipinski definition) is 1. The van der Waals surface area contributed by atoms with E-state index in [4.69, 9.17) is 10.5 Å². The largest absolute Gasteiger partial charge is 0.497 e. The molecular formula is C15H14FNO2. The molecule has 0 saturated carbocycles. The number of nitrogens with two attached hydrogens (primary N) is 1. The van der Waals surface area contributed by atoms with Crippen molar-refractivity contribution in [1.82, 2.24) is 0 Å². The second-order valence-corrected chi connectivity index (χ2v) is 4.31. The molecule has 0 bridgehead atoms. The van der Waals surface area contributed by atoms with Crippen molar-refractivity contribution < 1.29 is 13.9 Å². The summed E-state index contributed by atoms with van der Waals surface area (Å²) in [7, 11) is 1.44. The Morgan fingerprint density at radius 3 is 2.53 bits per heavy atom. The number of hydrogen-bond acceptors (Lipinski definition) is 3. The Hall–Kier alpha value is -2.36. The number of aryl methyl sites for hydroxylation is 1. The molecule has 2 aromatic rings. The summed E-state index contributed by atoms with van der Waals surface area (Å²) in [5, 5.41) is 0. The minimum Gasteiger partial charge on any atom is -0.497 e. The maximum Gasteiger partial charge on any atom is 0.196 e. The van der Waals surface area contributed by atoms with E-state index in [2.05, 4.69) is 0 Å². The Bertz CT molecular complexity index is 618. The molecule has 0 spiro atoms. The van der Waals surface area contributed by atoms with E-state index in [1.165, 1.54) is 19.2 Å². The summed E-state index contributed by atoms with van der Waals surface area (Å²) in [4.78, 5) is 12.2. The van der Waals surface area contributed by atoms with Crippen LogP contribution in [0.5, 0.6) is 5.75 Å². The van der Waals surface area contributed by atoms with Crippen molar-refractivity contribution in [1.29, 1.82) is 0 Å². The lowest BCUT2D eigenvalue weighted by atomic mass is 10.0. The number of rotatable bonds is 3. The number of halogens is 1. The van der Waals surface area contributed by atoms with Crippen LogP contribution in [-0.2, 0) is 0 Å². The third-order valence-electron chi connectivity index (χ3n) is 2.78. The number of carbonyl (C=O) groups excluding carboxylic acids is 1. The van der Waals surface area contributed by atoms with Crippen LogP contribution in [0.25, 0.3) is 0 Å². The molecular weight excluding hydrogens is 245 g/mol. The van der Waals surface area contributed by atoms with Gasteiger partial charge in [-0.1, -0.05) is 0 Å². The zero-order chi connectivity index (χ0) is 14.0. The molecule has 0 aliphatic carbocycles. The number of methoxy groups -OCH3 is 1. The topological polar surface area (TPSA) is 52.3 Å². The summed E-state index contributed by atoms with van der Waals surface area (Å²) >= 11 is 0. The van der Waals surface area contributed by atoms with Gasteiger partial charge in [0.25, 0.3) is 0 Å². The average Bonchev–Trinajstić information content (AvgIpc) is 2.36. The predicted molar refractivity (Wildman–Crippen MR) is 72.0 cm³/mol. The molecule has 0 atom stereocenters. The van der Waals surface area contributed by atoms with Gasteiger partial charge in [0.05, 0.1) is 12.7 Å². The molecule has 19 heavy (non-hydrogen) atoms. The molecule has 2 rings (SSSR count). The molecule has 0 unspecified atom stereocenters. The lowest BCUT2D eigenvalue weighted by Crippen LogP contribution is -2.05. The summed E-state index contributed by atoms with van der Waals surface area (Å²) < 4.78 is 18.7. The molecule has 0 heterocycles. The molecule has 2 N–H and O–H groups in total. The number of nitrogen functional groups attached to an aromatic ring is 1. The molecule has 0 aliphatic rings. The number of ketones is 1. The first kappa shape index (κ1) is 13.1. The van der Waals surface area contributed by atoms with Crippen LogP contribution in [0.15, 0.2) is 36.4 Å². The van der Waals surface area contributed by atoms with Gasteiger partial charge in [0.15, 0.2) is 5.78 Å². The highest BCUT2D eigenvalue weighted by Crippen LogP contribution is 2.21.